The summed E-state index contributed by atoms with van der Waals surface area (Å²) in [6, 6.07) is 4.19. The molecule has 0 aromatic heterocycles. The van der Waals surface area contributed by atoms with Crippen LogP contribution in [0.4, 0.5) is 16.2 Å². The van der Waals surface area contributed by atoms with Gasteiger partial charge in [0.1, 0.15) is 5.75 Å². The number of methoxy groups -OCH3 is 1. The molecule has 2 rings (SSSR count). The lowest BCUT2D eigenvalue weighted by atomic mass is 9.98. The van der Waals surface area contributed by atoms with Crippen molar-refractivity contribution in [3.63, 3.8) is 0 Å². The van der Waals surface area contributed by atoms with Crippen LogP contribution >= 0.6 is 0 Å². The molecule has 7 nitrogen and oxygen atoms in total. The van der Waals surface area contributed by atoms with Crippen LogP contribution in [0.5, 0.6) is 5.75 Å². The topological polar surface area (TPSA) is 119 Å². The number of primary amides is 1. The van der Waals surface area contributed by atoms with E-state index in [0.29, 0.717) is 30.0 Å². The Morgan fingerprint density at radius 2 is 1.90 bits per heavy atom. The molecule has 0 radical (unpaired) electrons. The van der Waals surface area contributed by atoms with Crippen molar-refractivity contribution in [3.05, 3.63) is 18.2 Å². The number of ether oxygens (including phenoxy) is 1. The van der Waals surface area contributed by atoms with Gasteiger partial charge < -0.3 is 26.8 Å². The van der Waals surface area contributed by atoms with Crippen molar-refractivity contribution in [2.45, 2.75) is 31.2 Å². The molecule has 0 spiro atoms. The highest BCUT2D eigenvalue weighted by atomic mass is 16.5. The molecule has 1 fully saturated rings. The molecule has 3 amide bonds. The predicted octanol–water partition coefficient (Wildman–Crippen LogP) is 1.40. The number of carbonyl (C=O) groups is 2. The number of amides is 3. The van der Waals surface area contributed by atoms with Gasteiger partial charge in [-0.25, -0.2) is 4.79 Å². The van der Waals surface area contributed by atoms with E-state index in [1.165, 1.54) is 7.11 Å². The summed E-state index contributed by atoms with van der Waals surface area (Å²) >= 11 is 0. The number of rotatable bonds is 4. The highest BCUT2D eigenvalue weighted by Crippen LogP contribution is 2.31. The van der Waals surface area contributed by atoms with E-state index in [9.17, 15) is 9.59 Å². The van der Waals surface area contributed by atoms with E-state index in [-0.39, 0.29) is 5.91 Å². The third-order valence-corrected chi connectivity index (χ3v) is 3.67. The van der Waals surface area contributed by atoms with Gasteiger partial charge in [0.25, 0.3) is 0 Å². The average Bonchev–Trinajstić information content (AvgIpc) is 2.88. The van der Waals surface area contributed by atoms with Crippen molar-refractivity contribution in [2.24, 2.45) is 11.5 Å². The maximum Gasteiger partial charge on any atom is 0.316 e. The Morgan fingerprint density at radius 3 is 2.48 bits per heavy atom. The van der Waals surface area contributed by atoms with Gasteiger partial charge >= 0.3 is 6.03 Å². The number of carbonyl (C=O) groups excluding carboxylic acids is 2. The van der Waals surface area contributed by atoms with Gasteiger partial charge in [0.15, 0.2) is 0 Å². The summed E-state index contributed by atoms with van der Waals surface area (Å²) in [7, 11) is 1.47. The average molecular weight is 292 g/mol. The van der Waals surface area contributed by atoms with Gasteiger partial charge in [0.05, 0.1) is 18.3 Å². The molecule has 1 aromatic rings. The molecule has 0 bridgehead atoms. The first kappa shape index (κ1) is 15.1. The summed E-state index contributed by atoms with van der Waals surface area (Å²) < 4.78 is 5.17. The fraction of sp³-hybridized carbons (Fsp3) is 0.429. The largest absolute Gasteiger partial charge is 0.494 e. The van der Waals surface area contributed by atoms with Crippen molar-refractivity contribution in [1.29, 1.82) is 0 Å². The standard InChI is InChI=1S/C14H20N4O3/c1-21-11-8-9(4-5-10(11)18-13(15)20)17-12(19)14(16)6-2-3-7-14/h4-5,8H,2-3,6-7,16H2,1H3,(H,17,19)(H3,15,18,20). The molecule has 6 N–H and O–H groups in total. The number of nitrogens with two attached hydrogens (primary N) is 2. The zero-order chi connectivity index (χ0) is 15.5. The van der Waals surface area contributed by atoms with Gasteiger partial charge in [0.2, 0.25) is 5.91 Å². The summed E-state index contributed by atoms with van der Waals surface area (Å²) in [5.41, 5.74) is 11.4. The normalized spacial score (nSPS) is 16.3. The fourth-order valence-corrected chi connectivity index (χ4v) is 2.49. The molecule has 7 heteroatoms. The number of urea groups is 1. The summed E-state index contributed by atoms with van der Waals surface area (Å²) in [5.74, 6) is 0.210. The molecular weight excluding hydrogens is 272 g/mol. The molecular formula is C14H20N4O3. The maximum atomic E-state index is 12.2. The monoisotopic (exact) mass is 292 g/mol. The first-order valence-electron chi connectivity index (χ1n) is 6.79. The molecule has 1 aromatic carbocycles. The van der Waals surface area contributed by atoms with Crippen molar-refractivity contribution >= 4 is 23.3 Å². The number of benzene rings is 1. The Morgan fingerprint density at radius 1 is 1.24 bits per heavy atom. The van der Waals surface area contributed by atoms with E-state index >= 15 is 0 Å². The number of hydrogen-bond donors (Lipinski definition) is 4. The molecule has 0 saturated heterocycles. The molecule has 1 aliphatic carbocycles. The maximum absolute atomic E-state index is 12.2. The number of hydrogen-bond acceptors (Lipinski definition) is 4. The van der Waals surface area contributed by atoms with Crippen molar-refractivity contribution in [1.82, 2.24) is 0 Å². The lowest BCUT2D eigenvalue weighted by Crippen LogP contribution is -2.48. The lowest BCUT2D eigenvalue weighted by molar-refractivity contribution is -0.121. The zero-order valence-electron chi connectivity index (χ0n) is 11.9. The molecule has 1 aliphatic rings. The second kappa shape index (κ2) is 6.01. The van der Waals surface area contributed by atoms with Gasteiger partial charge in [-0.1, -0.05) is 12.8 Å². The molecule has 0 aliphatic heterocycles. The van der Waals surface area contributed by atoms with Gasteiger partial charge in [-0.15, -0.1) is 0 Å². The Kier molecular flexibility index (Phi) is 4.32. The van der Waals surface area contributed by atoms with E-state index in [0.717, 1.165) is 12.8 Å². The Labute approximate surface area is 123 Å². The second-order valence-corrected chi connectivity index (χ2v) is 5.22. The van der Waals surface area contributed by atoms with Crippen LogP contribution in [-0.4, -0.2) is 24.6 Å². The fourth-order valence-electron chi connectivity index (χ4n) is 2.49. The molecule has 114 valence electrons. The van der Waals surface area contributed by atoms with Crippen LogP contribution in [0.1, 0.15) is 25.7 Å². The van der Waals surface area contributed by atoms with Gasteiger partial charge in [-0.05, 0) is 25.0 Å². The number of nitrogens with one attached hydrogen (secondary N) is 2. The number of anilines is 2. The Bertz CT molecular complexity index is 553. The van der Waals surface area contributed by atoms with E-state index in [1.54, 1.807) is 18.2 Å². The van der Waals surface area contributed by atoms with Gasteiger partial charge in [0, 0.05) is 11.8 Å². The molecule has 0 unspecified atom stereocenters. The summed E-state index contributed by atoms with van der Waals surface area (Å²) in [6.07, 6.45) is 3.32. The van der Waals surface area contributed by atoms with Gasteiger partial charge in [-0.2, -0.15) is 0 Å². The highest BCUT2D eigenvalue weighted by molar-refractivity contribution is 5.99. The van der Waals surface area contributed by atoms with Crippen molar-refractivity contribution in [2.75, 3.05) is 17.7 Å². The Hall–Kier alpha value is -2.28. The van der Waals surface area contributed by atoms with Crippen LogP contribution in [0.3, 0.4) is 0 Å². The van der Waals surface area contributed by atoms with E-state index in [1.807, 2.05) is 0 Å². The summed E-state index contributed by atoms with van der Waals surface area (Å²) in [6.45, 7) is 0. The summed E-state index contributed by atoms with van der Waals surface area (Å²) in [5, 5.41) is 5.24. The Balaban J connectivity index is 2.13. The molecule has 0 atom stereocenters. The quantitative estimate of drug-likeness (QED) is 0.670. The smallest absolute Gasteiger partial charge is 0.316 e. The van der Waals surface area contributed by atoms with Crippen LogP contribution in [0.2, 0.25) is 0 Å². The summed E-state index contributed by atoms with van der Waals surface area (Å²) in [4.78, 5) is 23.1. The van der Waals surface area contributed by atoms with E-state index in [4.69, 9.17) is 16.2 Å². The zero-order valence-corrected chi connectivity index (χ0v) is 11.9. The van der Waals surface area contributed by atoms with Crippen LogP contribution in [0.15, 0.2) is 18.2 Å². The van der Waals surface area contributed by atoms with Gasteiger partial charge in [-0.3, -0.25) is 4.79 Å². The van der Waals surface area contributed by atoms with Crippen molar-refractivity contribution in [3.8, 4) is 5.75 Å². The third kappa shape index (κ3) is 3.43. The van der Waals surface area contributed by atoms with Crippen LogP contribution in [0, 0.1) is 0 Å². The minimum absolute atomic E-state index is 0.197. The van der Waals surface area contributed by atoms with Crippen LogP contribution < -0.4 is 26.8 Å². The van der Waals surface area contributed by atoms with Crippen LogP contribution in [0.25, 0.3) is 0 Å². The molecule has 1 saturated carbocycles. The second-order valence-electron chi connectivity index (χ2n) is 5.22. The molecule has 21 heavy (non-hydrogen) atoms. The SMILES string of the molecule is COc1cc(NC(=O)C2(N)CCCC2)ccc1NC(N)=O. The minimum atomic E-state index is -0.794. The highest BCUT2D eigenvalue weighted by Gasteiger charge is 2.37. The van der Waals surface area contributed by atoms with Crippen molar-refractivity contribution < 1.29 is 14.3 Å². The first-order valence-corrected chi connectivity index (χ1v) is 6.79. The van der Waals surface area contributed by atoms with E-state index < -0.39 is 11.6 Å². The minimum Gasteiger partial charge on any atom is -0.494 e. The predicted molar refractivity (Wildman–Crippen MR) is 80.2 cm³/mol. The van der Waals surface area contributed by atoms with Crippen LogP contribution in [-0.2, 0) is 4.79 Å². The third-order valence-electron chi connectivity index (χ3n) is 3.67. The molecule has 0 heterocycles. The first-order chi connectivity index (χ1) is 9.94. The lowest BCUT2D eigenvalue weighted by Gasteiger charge is -2.22. The van der Waals surface area contributed by atoms with E-state index in [2.05, 4.69) is 10.6 Å².